The molecule has 0 fully saturated rings. The number of anilines is 1. The number of hydrogen-bond donors (Lipinski definition) is 2. The fraction of sp³-hybridized carbons (Fsp3) is 0.267. The Labute approximate surface area is 144 Å². The Morgan fingerprint density at radius 1 is 1.17 bits per heavy atom. The van der Waals surface area contributed by atoms with Crippen LogP contribution in [-0.2, 0) is 14.8 Å². The number of carbonyl (C=O) groups is 1. The second-order valence-electron chi connectivity index (χ2n) is 4.80. The van der Waals surface area contributed by atoms with Crippen LogP contribution >= 0.6 is 11.3 Å². The van der Waals surface area contributed by atoms with Crippen LogP contribution in [0.3, 0.4) is 0 Å². The number of ether oxygens (including phenoxy) is 2. The maximum absolute atomic E-state index is 12.1. The van der Waals surface area contributed by atoms with Gasteiger partial charge in [-0.1, -0.05) is 0 Å². The van der Waals surface area contributed by atoms with Crippen molar-refractivity contribution < 1.29 is 22.7 Å². The zero-order valence-electron chi connectivity index (χ0n) is 13.5. The summed E-state index contributed by atoms with van der Waals surface area (Å²) in [4.78, 5) is 12.9. The summed E-state index contributed by atoms with van der Waals surface area (Å²) in [6.45, 7) is 1.42. The Balaban J connectivity index is 2.03. The molecule has 0 radical (unpaired) electrons. The summed E-state index contributed by atoms with van der Waals surface area (Å²) in [6, 6.07) is 8.14. The van der Waals surface area contributed by atoms with Gasteiger partial charge in [0.15, 0.2) is 0 Å². The standard InChI is InChI=1S/C15H18N2O5S2/c1-10-4-7-15(23-10)24(19,20)16-9-14(18)17-12-8-11(21-2)5-6-13(12)22-3/h4-8,16H,9H2,1-3H3,(H,17,18). The lowest BCUT2D eigenvalue weighted by Gasteiger charge is -2.12. The Kier molecular flexibility index (Phi) is 5.81. The highest BCUT2D eigenvalue weighted by molar-refractivity contribution is 7.91. The number of benzene rings is 1. The van der Waals surface area contributed by atoms with E-state index in [1.165, 1.54) is 20.3 Å². The molecule has 0 bridgehead atoms. The van der Waals surface area contributed by atoms with Crippen LogP contribution in [0.5, 0.6) is 11.5 Å². The number of hydrogen-bond acceptors (Lipinski definition) is 6. The van der Waals surface area contributed by atoms with Gasteiger partial charge in [0.1, 0.15) is 15.7 Å². The molecule has 0 saturated heterocycles. The molecule has 130 valence electrons. The van der Waals surface area contributed by atoms with E-state index in [2.05, 4.69) is 10.0 Å². The van der Waals surface area contributed by atoms with Gasteiger partial charge in [-0.3, -0.25) is 4.79 Å². The van der Waals surface area contributed by atoms with E-state index in [-0.39, 0.29) is 10.8 Å². The fourth-order valence-corrected chi connectivity index (χ4v) is 4.20. The summed E-state index contributed by atoms with van der Waals surface area (Å²) in [7, 11) is -0.728. The van der Waals surface area contributed by atoms with Gasteiger partial charge < -0.3 is 14.8 Å². The van der Waals surface area contributed by atoms with Gasteiger partial charge in [-0.2, -0.15) is 0 Å². The predicted molar refractivity (Wildman–Crippen MR) is 92.4 cm³/mol. The van der Waals surface area contributed by atoms with E-state index in [1.807, 2.05) is 6.92 Å². The van der Waals surface area contributed by atoms with E-state index in [4.69, 9.17) is 9.47 Å². The van der Waals surface area contributed by atoms with Gasteiger partial charge in [0.05, 0.1) is 26.5 Å². The van der Waals surface area contributed by atoms with Gasteiger partial charge in [0, 0.05) is 10.9 Å². The third kappa shape index (κ3) is 4.47. The number of carbonyl (C=O) groups excluding carboxylic acids is 1. The number of aryl methyl sites for hydroxylation is 1. The molecular formula is C15H18N2O5S2. The highest BCUT2D eigenvalue weighted by Crippen LogP contribution is 2.28. The molecule has 2 aromatic rings. The highest BCUT2D eigenvalue weighted by atomic mass is 32.2. The molecule has 0 aliphatic heterocycles. The molecule has 0 atom stereocenters. The van der Waals surface area contributed by atoms with E-state index in [1.54, 1.807) is 24.3 Å². The van der Waals surface area contributed by atoms with Crippen molar-refractivity contribution in [3.8, 4) is 11.5 Å². The molecule has 2 rings (SSSR count). The van der Waals surface area contributed by atoms with Gasteiger partial charge >= 0.3 is 0 Å². The molecule has 9 heteroatoms. The SMILES string of the molecule is COc1ccc(OC)c(NC(=O)CNS(=O)(=O)c2ccc(C)s2)c1. The van der Waals surface area contributed by atoms with Crippen molar-refractivity contribution in [1.82, 2.24) is 4.72 Å². The molecule has 1 heterocycles. The predicted octanol–water partition coefficient (Wildman–Crippen LogP) is 1.99. The normalized spacial score (nSPS) is 11.1. The molecule has 2 N–H and O–H groups in total. The molecule has 0 aliphatic carbocycles. The average Bonchev–Trinajstić information content (AvgIpc) is 3.00. The van der Waals surface area contributed by atoms with Gasteiger partial charge in [-0.05, 0) is 31.2 Å². The molecule has 24 heavy (non-hydrogen) atoms. The lowest BCUT2D eigenvalue weighted by Crippen LogP contribution is -2.32. The quantitative estimate of drug-likeness (QED) is 0.777. The van der Waals surface area contributed by atoms with Crippen molar-refractivity contribution in [3.05, 3.63) is 35.2 Å². The molecule has 0 saturated carbocycles. The summed E-state index contributed by atoms with van der Waals surface area (Å²) in [5, 5.41) is 2.60. The monoisotopic (exact) mass is 370 g/mol. The third-order valence-electron chi connectivity index (χ3n) is 3.08. The zero-order chi connectivity index (χ0) is 17.7. The number of sulfonamides is 1. The van der Waals surface area contributed by atoms with E-state index >= 15 is 0 Å². The Morgan fingerprint density at radius 3 is 2.50 bits per heavy atom. The lowest BCUT2D eigenvalue weighted by molar-refractivity contribution is -0.115. The Hall–Kier alpha value is -2.10. The fourth-order valence-electron chi connectivity index (χ4n) is 1.89. The molecule has 0 spiro atoms. The third-order valence-corrected chi connectivity index (χ3v) is 5.98. The van der Waals surface area contributed by atoms with Crippen molar-refractivity contribution in [2.45, 2.75) is 11.1 Å². The van der Waals surface area contributed by atoms with Crippen LogP contribution in [-0.4, -0.2) is 35.1 Å². The minimum absolute atomic E-state index is 0.173. The van der Waals surface area contributed by atoms with Gasteiger partial charge in [0.25, 0.3) is 10.0 Å². The second-order valence-corrected chi connectivity index (χ2v) is 8.09. The first-order valence-electron chi connectivity index (χ1n) is 6.93. The van der Waals surface area contributed by atoms with E-state index in [0.29, 0.717) is 17.2 Å². The largest absolute Gasteiger partial charge is 0.497 e. The molecule has 0 unspecified atom stereocenters. The van der Waals surface area contributed by atoms with Crippen molar-refractivity contribution in [2.75, 3.05) is 26.1 Å². The number of thiophene rings is 1. The first-order valence-corrected chi connectivity index (χ1v) is 9.23. The summed E-state index contributed by atoms with van der Waals surface area (Å²) >= 11 is 1.14. The molecule has 1 aromatic carbocycles. The molecule has 1 aromatic heterocycles. The van der Waals surface area contributed by atoms with Crippen LogP contribution < -0.4 is 19.5 Å². The minimum atomic E-state index is -3.70. The maximum atomic E-state index is 12.1. The van der Waals surface area contributed by atoms with Gasteiger partial charge in [-0.25, -0.2) is 13.1 Å². The molecule has 7 nitrogen and oxygen atoms in total. The Morgan fingerprint density at radius 2 is 1.92 bits per heavy atom. The molecular weight excluding hydrogens is 352 g/mol. The zero-order valence-corrected chi connectivity index (χ0v) is 15.1. The topological polar surface area (TPSA) is 93.7 Å². The number of rotatable bonds is 7. The van der Waals surface area contributed by atoms with Crippen LogP contribution in [0.25, 0.3) is 0 Å². The van der Waals surface area contributed by atoms with Crippen LogP contribution in [0.2, 0.25) is 0 Å². The number of amides is 1. The molecule has 1 amide bonds. The van der Waals surface area contributed by atoms with Crippen LogP contribution in [0.15, 0.2) is 34.5 Å². The summed E-state index contributed by atoms with van der Waals surface area (Å²) < 4.78 is 36.9. The van der Waals surface area contributed by atoms with Crippen molar-refractivity contribution in [3.63, 3.8) is 0 Å². The summed E-state index contributed by atoms with van der Waals surface area (Å²) in [5.41, 5.74) is 0.396. The highest BCUT2D eigenvalue weighted by Gasteiger charge is 2.18. The summed E-state index contributed by atoms with van der Waals surface area (Å²) in [5.74, 6) is 0.472. The van der Waals surface area contributed by atoms with E-state index in [9.17, 15) is 13.2 Å². The number of methoxy groups -OCH3 is 2. The van der Waals surface area contributed by atoms with Crippen molar-refractivity contribution in [1.29, 1.82) is 0 Å². The molecule has 0 aliphatic rings. The Bertz CT molecular complexity index is 830. The first kappa shape index (κ1) is 18.2. The van der Waals surface area contributed by atoms with Crippen LogP contribution in [0.4, 0.5) is 5.69 Å². The lowest BCUT2D eigenvalue weighted by atomic mass is 10.2. The second kappa shape index (κ2) is 7.65. The van der Waals surface area contributed by atoms with Crippen molar-refractivity contribution >= 4 is 33.0 Å². The van der Waals surface area contributed by atoms with Crippen LogP contribution in [0.1, 0.15) is 4.88 Å². The van der Waals surface area contributed by atoms with Crippen molar-refractivity contribution in [2.24, 2.45) is 0 Å². The van der Waals surface area contributed by atoms with Crippen LogP contribution in [0, 0.1) is 6.92 Å². The summed E-state index contributed by atoms with van der Waals surface area (Å²) in [6.07, 6.45) is 0. The van der Waals surface area contributed by atoms with Gasteiger partial charge in [0.2, 0.25) is 5.91 Å². The first-order chi connectivity index (χ1) is 11.4. The number of nitrogens with one attached hydrogen (secondary N) is 2. The van der Waals surface area contributed by atoms with E-state index in [0.717, 1.165) is 16.2 Å². The average molecular weight is 370 g/mol. The smallest absolute Gasteiger partial charge is 0.250 e. The maximum Gasteiger partial charge on any atom is 0.250 e. The van der Waals surface area contributed by atoms with Gasteiger partial charge in [-0.15, -0.1) is 11.3 Å². The van der Waals surface area contributed by atoms with E-state index < -0.39 is 15.9 Å². The minimum Gasteiger partial charge on any atom is -0.497 e.